The summed E-state index contributed by atoms with van der Waals surface area (Å²) in [4.78, 5) is 4.23. The van der Waals surface area contributed by atoms with Gasteiger partial charge in [-0.25, -0.2) is 8.42 Å². The number of hydrogen-bond donors (Lipinski definition) is 2. The predicted molar refractivity (Wildman–Crippen MR) is 102 cm³/mol. The summed E-state index contributed by atoms with van der Waals surface area (Å²) in [7, 11) is -1.23. The molecule has 0 aromatic heterocycles. The van der Waals surface area contributed by atoms with Gasteiger partial charge in [-0.1, -0.05) is 37.6 Å². The molecule has 2 N–H and O–H groups in total. The summed E-state index contributed by atoms with van der Waals surface area (Å²) in [6.07, 6.45) is 1.87. The Labute approximate surface area is 150 Å². The fraction of sp³-hybridized carbons (Fsp3) is 0.588. The highest BCUT2D eigenvalue weighted by Crippen LogP contribution is 2.20. The Hall–Kier alpha value is -1.27. The lowest BCUT2D eigenvalue weighted by molar-refractivity contribution is 0.348. The molecule has 0 saturated heterocycles. The molecule has 0 bridgehead atoms. The molecule has 0 amide bonds. The average Bonchev–Trinajstić information content (AvgIpc) is 2.49. The van der Waals surface area contributed by atoms with Crippen molar-refractivity contribution < 1.29 is 8.42 Å². The third kappa shape index (κ3) is 8.02. The van der Waals surface area contributed by atoms with Crippen LogP contribution in [0.2, 0.25) is 5.02 Å². The molecular weight excluding hydrogens is 346 g/mol. The number of hydrogen-bond acceptors (Lipinski definition) is 3. The summed E-state index contributed by atoms with van der Waals surface area (Å²) in [6.45, 7) is 6.77. The van der Waals surface area contributed by atoms with Gasteiger partial charge in [0, 0.05) is 24.9 Å². The molecule has 0 aliphatic heterocycles. The summed E-state index contributed by atoms with van der Waals surface area (Å²) in [5, 5.41) is 7.31. The third-order valence-corrected chi connectivity index (χ3v) is 5.03. The molecule has 136 valence electrons. The first kappa shape index (κ1) is 20.8. The molecule has 1 aromatic rings. The number of halogens is 1. The molecule has 1 unspecified atom stereocenters. The lowest BCUT2D eigenvalue weighted by Gasteiger charge is -2.27. The maximum Gasteiger partial charge on any atom is 0.191 e. The minimum atomic E-state index is -2.94. The molecule has 24 heavy (non-hydrogen) atoms. The maximum atomic E-state index is 11.3. The van der Waals surface area contributed by atoms with Crippen LogP contribution in [0.15, 0.2) is 29.3 Å². The van der Waals surface area contributed by atoms with Crippen molar-refractivity contribution in [1.82, 2.24) is 10.6 Å². The van der Waals surface area contributed by atoms with E-state index in [4.69, 9.17) is 11.6 Å². The van der Waals surface area contributed by atoms with E-state index in [9.17, 15) is 8.42 Å². The molecule has 0 radical (unpaired) electrons. The van der Waals surface area contributed by atoms with Gasteiger partial charge in [-0.05, 0) is 36.5 Å². The van der Waals surface area contributed by atoms with Gasteiger partial charge in [-0.3, -0.25) is 4.99 Å². The molecular formula is C17H28ClN3O2S. The number of nitrogens with one attached hydrogen (secondary N) is 2. The van der Waals surface area contributed by atoms with Crippen LogP contribution in [-0.2, 0) is 9.84 Å². The molecule has 0 aliphatic carbocycles. The van der Waals surface area contributed by atoms with E-state index < -0.39 is 9.84 Å². The molecule has 1 rings (SSSR count). The number of rotatable bonds is 7. The van der Waals surface area contributed by atoms with Crippen LogP contribution in [0.1, 0.15) is 38.8 Å². The van der Waals surface area contributed by atoms with Crippen molar-refractivity contribution in [3.8, 4) is 0 Å². The Balaban J connectivity index is 2.57. The van der Waals surface area contributed by atoms with E-state index in [2.05, 4.69) is 15.6 Å². The summed E-state index contributed by atoms with van der Waals surface area (Å²) in [5.41, 5.74) is 0.961. The number of guanidine groups is 1. The Kier molecular flexibility index (Phi) is 7.55. The van der Waals surface area contributed by atoms with Crippen LogP contribution in [0.4, 0.5) is 0 Å². The third-order valence-electron chi connectivity index (χ3n) is 3.83. The summed E-state index contributed by atoms with van der Waals surface area (Å²) < 4.78 is 22.7. The lowest BCUT2D eigenvalue weighted by atomic mass is 9.90. The normalized spacial score (nSPS) is 14.3. The van der Waals surface area contributed by atoms with E-state index in [-0.39, 0.29) is 17.2 Å². The molecule has 5 nitrogen and oxygen atoms in total. The molecule has 0 saturated carbocycles. The quantitative estimate of drug-likeness (QED) is 0.569. The summed E-state index contributed by atoms with van der Waals surface area (Å²) in [5.74, 6) is 0.874. The number of sulfone groups is 1. The Bertz CT molecular complexity index is 655. The average molecular weight is 374 g/mol. The molecule has 1 aromatic carbocycles. The van der Waals surface area contributed by atoms with Crippen LogP contribution in [0.25, 0.3) is 0 Å². The second kappa shape index (κ2) is 8.72. The van der Waals surface area contributed by atoms with Gasteiger partial charge in [0.2, 0.25) is 0 Å². The van der Waals surface area contributed by atoms with E-state index in [1.165, 1.54) is 6.26 Å². The van der Waals surface area contributed by atoms with Crippen molar-refractivity contribution in [1.29, 1.82) is 0 Å². The molecule has 0 aliphatic rings. The van der Waals surface area contributed by atoms with Crippen molar-refractivity contribution >= 4 is 27.4 Å². The first-order valence-corrected chi connectivity index (χ1v) is 10.4. The van der Waals surface area contributed by atoms with Gasteiger partial charge >= 0.3 is 0 Å². The second-order valence-corrected chi connectivity index (χ2v) is 9.58. The van der Waals surface area contributed by atoms with Crippen molar-refractivity contribution in [2.45, 2.75) is 33.2 Å². The van der Waals surface area contributed by atoms with Gasteiger partial charge in [0.1, 0.15) is 9.84 Å². The fourth-order valence-corrected chi connectivity index (χ4v) is 3.16. The summed E-state index contributed by atoms with van der Waals surface area (Å²) in [6, 6.07) is 7.75. The molecule has 0 heterocycles. The first-order valence-electron chi connectivity index (χ1n) is 7.93. The fourth-order valence-electron chi connectivity index (χ4n) is 2.11. The van der Waals surface area contributed by atoms with E-state index in [0.717, 1.165) is 5.56 Å². The highest BCUT2D eigenvalue weighted by molar-refractivity contribution is 7.90. The van der Waals surface area contributed by atoms with Gasteiger partial charge in [0.05, 0.1) is 11.8 Å². The van der Waals surface area contributed by atoms with E-state index >= 15 is 0 Å². The zero-order valence-corrected chi connectivity index (χ0v) is 16.6. The minimum Gasteiger partial charge on any atom is -0.356 e. The predicted octanol–water partition coefficient (Wildman–Crippen LogP) is 3.03. The summed E-state index contributed by atoms with van der Waals surface area (Å²) >= 11 is 5.91. The topological polar surface area (TPSA) is 70.6 Å². The van der Waals surface area contributed by atoms with Crippen LogP contribution in [0, 0.1) is 5.41 Å². The van der Waals surface area contributed by atoms with E-state index in [1.807, 2.05) is 45.0 Å². The van der Waals surface area contributed by atoms with Crippen molar-refractivity contribution in [3.05, 3.63) is 34.9 Å². The smallest absolute Gasteiger partial charge is 0.191 e. The highest BCUT2D eigenvalue weighted by Gasteiger charge is 2.21. The minimum absolute atomic E-state index is 0.0765. The lowest BCUT2D eigenvalue weighted by Crippen LogP contribution is -2.43. The van der Waals surface area contributed by atoms with Crippen molar-refractivity contribution in [3.63, 3.8) is 0 Å². The molecule has 1 atom stereocenters. The zero-order valence-electron chi connectivity index (χ0n) is 15.1. The van der Waals surface area contributed by atoms with E-state index in [0.29, 0.717) is 23.9 Å². The standard InChI is InChI=1S/C17H28ClN3O2S/c1-13(14-6-8-15(18)9-7-14)21-16(19-4)20-12-17(2,3)10-11-24(5,22)23/h6-9,13H,10-12H2,1-5H3,(H2,19,20,21). The van der Waals surface area contributed by atoms with Crippen LogP contribution in [-0.4, -0.2) is 40.0 Å². The Morgan fingerprint density at radius 1 is 1.29 bits per heavy atom. The largest absolute Gasteiger partial charge is 0.356 e. The number of benzene rings is 1. The van der Waals surface area contributed by atoms with Crippen molar-refractivity contribution in [2.24, 2.45) is 10.4 Å². The molecule has 0 spiro atoms. The Morgan fingerprint density at radius 2 is 1.88 bits per heavy atom. The monoisotopic (exact) mass is 373 g/mol. The van der Waals surface area contributed by atoms with Gasteiger partial charge in [-0.15, -0.1) is 0 Å². The van der Waals surface area contributed by atoms with Gasteiger partial charge in [-0.2, -0.15) is 0 Å². The van der Waals surface area contributed by atoms with Gasteiger partial charge in [0.15, 0.2) is 5.96 Å². The first-order chi connectivity index (χ1) is 11.0. The van der Waals surface area contributed by atoms with Gasteiger partial charge < -0.3 is 10.6 Å². The molecule has 7 heteroatoms. The number of nitrogens with zero attached hydrogens (tertiary/aromatic N) is 1. The van der Waals surface area contributed by atoms with E-state index in [1.54, 1.807) is 7.05 Å². The van der Waals surface area contributed by atoms with Crippen molar-refractivity contribution in [2.75, 3.05) is 25.6 Å². The molecule has 0 fully saturated rings. The van der Waals surface area contributed by atoms with Crippen LogP contribution < -0.4 is 10.6 Å². The van der Waals surface area contributed by atoms with Crippen LogP contribution in [0.3, 0.4) is 0 Å². The number of aliphatic imine (C=N–C) groups is 1. The highest BCUT2D eigenvalue weighted by atomic mass is 35.5. The Morgan fingerprint density at radius 3 is 2.38 bits per heavy atom. The zero-order chi connectivity index (χ0) is 18.4. The van der Waals surface area contributed by atoms with Crippen LogP contribution in [0.5, 0.6) is 0 Å². The maximum absolute atomic E-state index is 11.3. The second-order valence-electron chi connectivity index (χ2n) is 6.89. The van der Waals surface area contributed by atoms with Crippen LogP contribution >= 0.6 is 11.6 Å². The SMILES string of the molecule is CN=C(NCC(C)(C)CCS(C)(=O)=O)NC(C)c1ccc(Cl)cc1. The van der Waals surface area contributed by atoms with Gasteiger partial charge in [0.25, 0.3) is 0 Å².